The molecule has 140 valence electrons. The molecule has 0 aliphatic rings. The van der Waals surface area contributed by atoms with Gasteiger partial charge in [0.25, 0.3) is 10.0 Å². The molecule has 0 heterocycles. The molecule has 2 aromatic rings. The molecule has 0 saturated carbocycles. The van der Waals surface area contributed by atoms with Gasteiger partial charge in [0.1, 0.15) is 0 Å². The van der Waals surface area contributed by atoms with E-state index in [1.807, 2.05) is 13.8 Å². The molecule has 0 fully saturated rings. The zero-order valence-corrected chi connectivity index (χ0v) is 16.9. The average Bonchev–Trinajstić information content (AvgIpc) is 2.57. The molecule has 0 bridgehead atoms. The molecule has 0 aliphatic heterocycles. The van der Waals surface area contributed by atoms with Gasteiger partial charge >= 0.3 is 6.09 Å². The highest BCUT2D eigenvalue weighted by atomic mass is 79.9. The van der Waals surface area contributed by atoms with Crippen LogP contribution >= 0.6 is 15.9 Å². The maximum Gasteiger partial charge on any atom is 0.411 e. The third-order valence-corrected chi connectivity index (χ3v) is 5.36. The fourth-order valence-corrected chi connectivity index (χ4v) is 3.31. The normalized spacial score (nSPS) is 11.2. The summed E-state index contributed by atoms with van der Waals surface area (Å²) < 4.78 is 33.2. The van der Waals surface area contributed by atoms with Crippen LogP contribution in [0.25, 0.3) is 0 Å². The standard InChI is InChI=1S/C18H21BrN2O4S/c1-13(2)11-12-25-18(22)20-15-7-9-17(10-8-15)26(23,24)21-16-5-3-14(19)4-6-16/h3-10,13,21H,11-12H2,1-2H3,(H,20,22). The molecular formula is C18H21BrN2O4S. The maximum absolute atomic E-state index is 12.4. The van der Waals surface area contributed by atoms with Gasteiger partial charge in [0.15, 0.2) is 0 Å². The molecule has 0 unspecified atom stereocenters. The van der Waals surface area contributed by atoms with Gasteiger partial charge in [-0.3, -0.25) is 10.0 Å². The molecule has 26 heavy (non-hydrogen) atoms. The van der Waals surface area contributed by atoms with Gasteiger partial charge in [0.2, 0.25) is 0 Å². The van der Waals surface area contributed by atoms with Crippen LogP contribution < -0.4 is 10.0 Å². The summed E-state index contributed by atoms with van der Waals surface area (Å²) in [7, 11) is -3.70. The van der Waals surface area contributed by atoms with Crippen LogP contribution in [0.15, 0.2) is 57.9 Å². The van der Waals surface area contributed by atoms with E-state index < -0.39 is 16.1 Å². The maximum atomic E-state index is 12.4. The Bertz CT molecular complexity index is 834. The highest BCUT2D eigenvalue weighted by Gasteiger charge is 2.14. The average molecular weight is 441 g/mol. The van der Waals surface area contributed by atoms with E-state index in [9.17, 15) is 13.2 Å². The smallest absolute Gasteiger partial charge is 0.411 e. The van der Waals surface area contributed by atoms with Crippen molar-refractivity contribution in [2.75, 3.05) is 16.6 Å². The Morgan fingerprint density at radius 3 is 2.19 bits per heavy atom. The molecule has 0 saturated heterocycles. The number of hydrogen-bond donors (Lipinski definition) is 2. The summed E-state index contributed by atoms with van der Waals surface area (Å²) in [5, 5.41) is 2.57. The lowest BCUT2D eigenvalue weighted by molar-refractivity contribution is 0.155. The van der Waals surface area contributed by atoms with Gasteiger partial charge in [-0.25, -0.2) is 13.2 Å². The lowest BCUT2D eigenvalue weighted by Crippen LogP contribution is -2.16. The minimum Gasteiger partial charge on any atom is -0.449 e. The second-order valence-corrected chi connectivity index (χ2v) is 8.68. The number of nitrogens with one attached hydrogen (secondary N) is 2. The summed E-state index contributed by atoms with van der Waals surface area (Å²) in [5.74, 6) is 0.450. The predicted octanol–water partition coefficient (Wildman–Crippen LogP) is 4.84. The Morgan fingerprint density at radius 2 is 1.62 bits per heavy atom. The van der Waals surface area contributed by atoms with Crippen molar-refractivity contribution in [3.8, 4) is 0 Å². The number of anilines is 2. The molecule has 2 rings (SSSR count). The van der Waals surface area contributed by atoms with E-state index in [1.165, 1.54) is 24.3 Å². The first-order valence-electron chi connectivity index (χ1n) is 8.08. The van der Waals surface area contributed by atoms with Crippen molar-refractivity contribution in [2.45, 2.75) is 25.2 Å². The van der Waals surface area contributed by atoms with Crippen molar-refractivity contribution in [1.29, 1.82) is 0 Å². The van der Waals surface area contributed by atoms with Crippen molar-refractivity contribution >= 4 is 43.4 Å². The Balaban J connectivity index is 1.97. The number of amides is 1. The van der Waals surface area contributed by atoms with E-state index >= 15 is 0 Å². The number of carbonyl (C=O) groups is 1. The Kier molecular flexibility index (Phi) is 7.05. The van der Waals surface area contributed by atoms with E-state index in [0.29, 0.717) is 23.9 Å². The third kappa shape index (κ3) is 6.34. The van der Waals surface area contributed by atoms with Gasteiger partial charge < -0.3 is 4.74 Å². The first kappa shape index (κ1) is 20.3. The lowest BCUT2D eigenvalue weighted by atomic mass is 10.1. The van der Waals surface area contributed by atoms with Crippen LogP contribution in [0, 0.1) is 5.92 Å². The van der Waals surface area contributed by atoms with Crippen LogP contribution in [0.1, 0.15) is 20.3 Å². The monoisotopic (exact) mass is 440 g/mol. The molecular weight excluding hydrogens is 420 g/mol. The van der Waals surface area contributed by atoms with Gasteiger partial charge in [0.05, 0.1) is 11.5 Å². The SMILES string of the molecule is CC(C)CCOC(=O)Nc1ccc(S(=O)(=O)Nc2ccc(Br)cc2)cc1. The van der Waals surface area contributed by atoms with Crippen LogP contribution in [-0.4, -0.2) is 21.1 Å². The largest absolute Gasteiger partial charge is 0.449 e. The van der Waals surface area contributed by atoms with E-state index in [1.54, 1.807) is 24.3 Å². The summed E-state index contributed by atoms with van der Waals surface area (Å²) in [6.45, 7) is 4.43. The lowest BCUT2D eigenvalue weighted by Gasteiger charge is -2.10. The number of hydrogen-bond acceptors (Lipinski definition) is 4. The second-order valence-electron chi connectivity index (χ2n) is 6.08. The topological polar surface area (TPSA) is 84.5 Å². The van der Waals surface area contributed by atoms with Gasteiger partial charge in [0, 0.05) is 15.8 Å². The van der Waals surface area contributed by atoms with E-state index in [0.717, 1.165) is 10.9 Å². The minimum atomic E-state index is -3.70. The molecule has 0 aliphatic carbocycles. The minimum absolute atomic E-state index is 0.0964. The fourth-order valence-electron chi connectivity index (χ4n) is 1.99. The molecule has 0 atom stereocenters. The first-order valence-corrected chi connectivity index (χ1v) is 10.4. The number of ether oxygens (including phenoxy) is 1. The van der Waals surface area contributed by atoms with Crippen molar-refractivity contribution in [1.82, 2.24) is 0 Å². The number of halogens is 1. The molecule has 1 amide bonds. The zero-order valence-electron chi connectivity index (χ0n) is 14.5. The third-order valence-electron chi connectivity index (χ3n) is 3.44. The van der Waals surface area contributed by atoms with Crippen molar-refractivity contribution in [3.63, 3.8) is 0 Å². The van der Waals surface area contributed by atoms with Gasteiger partial charge in [-0.05, 0) is 60.9 Å². The van der Waals surface area contributed by atoms with Crippen molar-refractivity contribution in [2.24, 2.45) is 5.92 Å². The van der Waals surface area contributed by atoms with Crippen LogP contribution in [0.5, 0.6) is 0 Å². The number of benzene rings is 2. The zero-order chi connectivity index (χ0) is 19.2. The van der Waals surface area contributed by atoms with Gasteiger partial charge in [-0.1, -0.05) is 29.8 Å². The van der Waals surface area contributed by atoms with Crippen molar-refractivity contribution in [3.05, 3.63) is 53.0 Å². The number of rotatable bonds is 7. The molecule has 0 spiro atoms. The van der Waals surface area contributed by atoms with Crippen LogP contribution in [0.3, 0.4) is 0 Å². The summed E-state index contributed by atoms with van der Waals surface area (Å²) >= 11 is 3.30. The summed E-state index contributed by atoms with van der Waals surface area (Å²) in [6, 6.07) is 12.7. The quantitative estimate of drug-likeness (QED) is 0.644. The summed E-state index contributed by atoms with van der Waals surface area (Å²) in [4.78, 5) is 11.8. The summed E-state index contributed by atoms with van der Waals surface area (Å²) in [6.07, 6.45) is 0.223. The van der Waals surface area contributed by atoms with Crippen LogP contribution in [0.4, 0.5) is 16.2 Å². The van der Waals surface area contributed by atoms with Gasteiger partial charge in [-0.15, -0.1) is 0 Å². The Hall–Kier alpha value is -2.06. The molecule has 2 N–H and O–H groups in total. The molecule has 6 nitrogen and oxygen atoms in total. The highest BCUT2D eigenvalue weighted by Crippen LogP contribution is 2.20. The Labute approximate surface area is 162 Å². The summed E-state index contributed by atoms with van der Waals surface area (Å²) in [5.41, 5.74) is 0.922. The van der Waals surface area contributed by atoms with Crippen molar-refractivity contribution < 1.29 is 17.9 Å². The van der Waals surface area contributed by atoms with Crippen LogP contribution in [-0.2, 0) is 14.8 Å². The van der Waals surface area contributed by atoms with E-state index in [4.69, 9.17) is 4.74 Å². The van der Waals surface area contributed by atoms with Gasteiger partial charge in [-0.2, -0.15) is 0 Å². The highest BCUT2D eigenvalue weighted by molar-refractivity contribution is 9.10. The van der Waals surface area contributed by atoms with E-state index in [-0.39, 0.29) is 4.90 Å². The van der Waals surface area contributed by atoms with E-state index in [2.05, 4.69) is 26.0 Å². The number of carbonyl (C=O) groups excluding carboxylic acids is 1. The molecule has 0 radical (unpaired) electrons. The Morgan fingerprint density at radius 1 is 1.04 bits per heavy atom. The second kappa shape index (κ2) is 9.05. The fraction of sp³-hybridized carbons (Fsp3) is 0.278. The first-order chi connectivity index (χ1) is 12.3. The molecule has 0 aromatic heterocycles. The molecule has 8 heteroatoms. The van der Waals surface area contributed by atoms with Crippen LogP contribution in [0.2, 0.25) is 0 Å². The number of sulfonamides is 1. The predicted molar refractivity (Wildman–Crippen MR) is 106 cm³/mol. The molecule has 2 aromatic carbocycles.